The van der Waals surface area contributed by atoms with Crippen LogP contribution in [0.3, 0.4) is 0 Å². The molecular weight excluding hydrogens is 338 g/mol. The second-order valence-electron chi connectivity index (χ2n) is 6.71. The highest BCUT2D eigenvalue weighted by Crippen LogP contribution is 2.25. The summed E-state index contributed by atoms with van der Waals surface area (Å²) in [7, 11) is 0. The van der Waals surface area contributed by atoms with Crippen LogP contribution >= 0.6 is 0 Å². The molecule has 0 N–H and O–H groups in total. The van der Waals surface area contributed by atoms with Crippen LogP contribution in [-0.4, -0.2) is 22.8 Å². The van der Waals surface area contributed by atoms with Gasteiger partial charge in [-0.25, -0.2) is 4.79 Å². The fourth-order valence-electron chi connectivity index (χ4n) is 3.19. The van der Waals surface area contributed by atoms with Crippen LogP contribution in [0.15, 0.2) is 48.5 Å². The second-order valence-corrected chi connectivity index (χ2v) is 6.71. The molecule has 0 aliphatic carbocycles. The van der Waals surface area contributed by atoms with Crippen LogP contribution in [0, 0.1) is 13.8 Å². The number of carbonyl (C=O) groups excluding carboxylic acids is 2. The van der Waals surface area contributed by atoms with Crippen LogP contribution in [0.2, 0.25) is 0 Å². The molecule has 0 fully saturated rings. The van der Waals surface area contributed by atoms with Crippen LogP contribution < -0.4 is 0 Å². The quantitative estimate of drug-likeness (QED) is 0.482. The van der Waals surface area contributed by atoms with E-state index < -0.39 is 12.1 Å². The lowest BCUT2D eigenvalue weighted by Gasteiger charge is -2.16. The van der Waals surface area contributed by atoms with Crippen molar-refractivity contribution in [3.63, 3.8) is 0 Å². The van der Waals surface area contributed by atoms with E-state index in [2.05, 4.69) is 4.98 Å². The molecule has 3 aromatic rings. The highest BCUT2D eigenvalue weighted by atomic mass is 16.5. The lowest BCUT2D eigenvalue weighted by atomic mass is 10.00. The third kappa shape index (κ3) is 3.75. The van der Waals surface area contributed by atoms with E-state index >= 15 is 0 Å². The Morgan fingerprint density at radius 2 is 1.70 bits per heavy atom. The number of aryl methyl sites for hydroxylation is 2. The Bertz CT molecular complexity index is 1010. The maximum atomic E-state index is 12.9. The number of pyridine rings is 1. The average Bonchev–Trinajstić information content (AvgIpc) is 2.67. The van der Waals surface area contributed by atoms with Gasteiger partial charge in [0.25, 0.3) is 0 Å². The summed E-state index contributed by atoms with van der Waals surface area (Å²) in [6.45, 7) is 7.45. The Morgan fingerprint density at radius 1 is 1.04 bits per heavy atom. The van der Waals surface area contributed by atoms with E-state index in [1.54, 1.807) is 19.1 Å². The number of para-hydroxylation sites is 1. The van der Waals surface area contributed by atoms with Gasteiger partial charge < -0.3 is 4.74 Å². The van der Waals surface area contributed by atoms with Gasteiger partial charge in [-0.05, 0) is 38.8 Å². The number of fused-ring (bicyclic) bond motifs is 1. The zero-order valence-electron chi connectivity index (χ0n) is 16.1. The van der Waals surface area contributed by atoms with Crippen LogP contribution in [0.1, 0.15) is 51.4 Å². The second kappa shape index (κ2) is 7.70. The highest BCUT2D eigenvalue weighted by Gasteiger charge is 2.24. The van der Waals surface area contributed by atoms with E-state index in [-0.39, 0.29) is 5.78 Å². The minimum atomic E-state index is -0.864. The summed E-state index contributed by atoms with van der Waals surface area (Å²) in [5.41, 5.74) is 4.51. The van der Waals surface area contributed by atoms with Crippen molar-refractivity contribution >= 4 is 22.7 Å². The molecule has 0 amide bonds. The summed E-state index contributed by atoms with van der Waals surface area (Å²) < 4.78 is 5.56. The van der Waals surface area contributed by atoms with Crippen molar-refractivity contribution in [1.82, 2.24) is 4.98 Å². The molecule has 0 aliphatic rings. The van der Waals surface area contributed by atoms with Crippen LogP contribution in [-0.2, 0) is 11.2 Å². The highest BCUT2D eigenvalue weighted by molar-refractivity contribution is 6.07. The van der Waals surface area contributed by atoms with Crippen LogP contribution in [0.25, 0.3) is 10.9 Å². The van der Waals surface area contributed by atoms with Gasteiger partial charge in [0.1, 0.15) is 0 Å². The number of Topliss-reactive ketones (excluding diaryl/α,β-unsaturated/α-hetero) is 1. The van der Waals surface area contributed by atoms with Gasteiger partial charge in [-0.2, -0.15) is 0 Å². The Labute approximate surface area is 159 Å². The van der Waals surface area contributed by atoms with E-state index in [1.807, 2.05) is 57.2 Å². The molecule has 1 atom stereocenters. The van der Waals surface area contributed by atoms with E-state index in [9.17, 15) is 9.59 Å². The summed E-state index contributed by atoms with van der Waals surface area (Å²) in [5.74, 6) is -0.705. The van der Waals surface area contributed by atoms with Crippen molar-refractivity contribution < 1.29 is 14.3 Å². The zero-order valence-corrected chi connectivity index (χ0v) is 16.1. The van der Waals surface area contributed by atoms with E-state index in [1.165, 1.54) is 0 Å². The number of carbonyl (C=O) groups is 2. The van der Waals surface area contributed by atoms with Gasteiger partial charge >= 0.3 is 5.97 Å². The average molecular weight is 361 g/mol. The van der Waals surface area contributed by atoms with Crippen molar-refractivity contribution in [2.45, 2.75) is 40.2 Å². The molecule has 0 bridgehead atoms. The number of ether oxygens (including phenoxy) is 1. The zero-order chi connectivity index (χ0) is 19.6. The minimum Gasteiger partial charge on any atom is -0.451 e. The monoisotopic (exact) mass is 361 g/mol. The van der Waals surface area contributed by atoms with Gasteiger partial charge in [-0.15, -0.1) is 0 Å². The first-order chi connectivity index (χ1) is 12.9. The topological polar surface area (TPSA) is 56.3 Å². The summed E-state index contributed by atoms with van der Waals surface area (Å²) in [6, 6.07) is 14.7. The lowest BCUT2D eigenvalue weighted by Crippen LogP contribution is -2.25. The molecule has 2 aromatic carbocycles. The fourth-order valence-corrected chi connectivity index (χ4v) is 3.19. The Balaban J connectivity index is 1.93. The molecule has 1 aromatic heterocycles. The molecule has 3 rings (SSSR count). The third-order valence-electron chi connectivity index (χ3n) is 4.76. The van der Waals surface area contributed by atoms with Gasteiger partial charge in [0, 0.05) is 16.6 Å². The van der Waals surface area contributed by atoms with Crippen molar-refractivity contribution in [1.29, 1.82) is 0 Å². The summed E-state index contributed by atoms with van der Waals surface area (Å²) >= 11 is 0. The van der Waals surface area contributed by atoms with Gasteiger partial charge in [0.2, 0.25) is 5.78 Å². The normalized spacial score (nSPS) is 12.0. The summed E-state index contributed by atoms with van der Waals surface area (Å²) in [4.78, 5) is 30.2. The van der Waals surface area contributed by atoms with E-state index in [0.717, 1.165) is 34.1 Å². The fraction of sp³-hybridized carbons (Fsp3) is 0.261. The Kier molecular flexibility index (Phi) is 5.36. The number of nitrogens with zero attached hydrogens (tertiary/aromatic N) is 1. The molecule has 0 saturated heterocycles. The third-order valence-corrected chi connectivity index (χ3v) is 4.76. The van der Waals surface area contributed by atoms with Gasteiger partial charge in [-0.3, -0.25) is 9.78 Å². The molecule has 0 saturated carbocycles. The van der Waals surface area contributed by atoms with Crippen molar-refractivity contribution in [3.05, 3.63) is 76.5 Å². The smallest absolute Gasteiger partial charge is 0.339 e. The van der Waals surface area contributed by atoms with E-state index in [0.29, 0.717) is 11.1 Å². The maximum absolute atomic E-state index is 12.9. The summed E-state index contributed by atoms with van der Waals surface area (Å²) in [5, 5.41) is 0.743. The number of rotatable bonds is 5. The Morgan fingerprint density at radius 3 is 2.37 bits per heavy atom. The number of aromatic nitrogens is 1. The number of ketones is 1. The lowest BCUT2D eigenvalue weighted by molar-refractivity contribution is 0.0320. The minimum absolute atomic E-state index is 0.213. The molecule has 138 valence electrons. The molecule has 1 heterocycles. The van der Waals surface area contributed by atoms with Crippen molar-refractivity contribution in [3.8, 4) is 0 Å². The predicted molar refractivity (Wildman–Crippen MR) is 106 cm³/mol. The van der Waals surface area contributed by atoms with E-state index in [4.69, 9.17) is 4.74 Å². The number of hydrogen-bond acceptors (Lipinski definition) is 4. The van der Waals surface area contributed by atoms with Gasteiger partial charge in [0.05, 0.1) is 11.1 Å². The largest absolute Gasteiger partial charge is 0.451 e. The number of benzene rings is 2. The predicted octanol–water partition coefficient (Wildman–Crippen LogP) is 4.84. The first-order valence-electron chi connectivity index (χ1n) is 9.12. The van der Waals surface area contributed by atoms with Crippen LogP contribution in [0.5, 0.6) is 0 Å². The maximum Gasteiger partial charge on any atom is 0.339 e. The SMILES string of the molecule is CCc1nc2ccccc2c(C(=O)O[C@H](C)C(=O)c2ccc(C)cc2)c1C. The molecule has 0 aliphatic heterocycles. The Hall–Kier alpha value is -3.01. The molecule has 0 unspecified atom stereocenters. The van der Waals surface area contributed by atoms with Gasteiger partial charge in [0.15, 0.2) is 6.10 Å². The summed E-state index contributed by atoms with van der Waals surface area (Å²) in [6.07, 6.45) is -0.147. The first-order valence-corrected chi connectivity index (χ1v) is 9.12. The first kappa shape index (κ1) is 18.8. The number of hydrogen-bond donors (Lipinski definition) is 0. The molecule has 0 radical (unpaired) electrons. The molecular formula is C23H23NO3. The standard InChI is InChI=1S/C23H23NO3/c1-5-19-15(3)21(18-8-6-7-9-20(18)24-19)23(26)27-16(4)22(25)17-12-10-14(2)11-13-17/h6-13,16H,5H2,1-4H3/t16-/m1/s1. The van der Waals surface area contributed by atoms with Crippen LogP contribution in [0.4, 0.5) is 0 Å². The molecule has 4 nitrogen and oxygen atoms in total. The molecule has 4 heteroatoms. The number of esters is 1. The van der Waals surface area contributed by atoms with Crippen molar-refractivity contribution in [2.24, 2.45) is 0 Å². The molecule has 27 heavy (non-hydrogen) atoms. The molecule has 0 spiro atoms. The van der Waals surface area contributed by atoms with Gasteiger partial charge in [-0.1, -0.05) is 55.0 Å². The van der Waals surface area contributed by atoms with Crippen molar-refractivity contribution in [2.75, 3.05) is 0 Å².